The molecule has 3 atom stereocenters. The van der Waals surface area contributed by atoms with Gasteiger partial charge in [0.15, 0.2) is 9.84 Å². The van der Waals surface area contributed by atoms with Crippen molar-refractivity contribution in [3.05, 3.63) is 23.3 Å². The van der Waals surface area contributed by atoms with Crippen molar-refractivity contribution in [2.45, 2.75) is 75.5 Å². The van der Waals surface area contributed by atoms with Crippen LogP contribution in [0.4, 0.5) is 0 Å². The Morgan fingerprint density at radius 3 is 2.75 bits per heavy atom. The smallest absolute Gasteiger partial charge is 0.255 e. The summed E-state index contributed by atoms with van der Waals surface area (Å²) in [6.07, 6.45) is 5.50. The lowest BCUT2D eigenvalue weighted by Gasteiger charge is -2.24. The molecule has 0 aromatic heterocycles. The molecule has 7 heteroatoms. The van der Waals surface area contributed by atoms with Gasteiger partial charge in [0.25, 0.3) is 5.91 Å². The van der Waals surface area contributed by atoms with Gasteiger partial charge >= 0.3 is 0 Å². The van der Waals surface area contributed by atoms with Crippen LogP contribution in [-0.2, 0) is 16.3 Å². The third kappa shape index (κ3) is 4.06. The van der Waals surface area contributed by atoms with Crippen LogP contribution in [0.25, 0.3) is 0 Å². The number of ether oxygens (including phenoxy) is 1. The first-order valence-electron chi connectivity index (χ1n) is 10.5. The Kier molecular flexibility index (Phi) is 5.40. The normalized spacial score (nSPS) is 25.2. The van der Waals surface area contributed by atoms with E-state index in [1.807, 2.05) is 6.92 Å². The molecule has 2 fully saturated rings. The summed E-state index contributed by atoms with van der Waals surface area (Å²) >= 11 is 0. The topological polar surface area (TPSA) is 84.5 Å². The van der Waals surface area contributed by atoms with E-state index in [9.17, 15) is 13.2 Å². The van der Waals surface area contributed by atoms with Crippen LogP contribution in [0.3, 0.4) is 0 Å². The van der Waals surface area contributed by atoms with Gasteiger partial charge < -0.3 is 15.4 Å². The summed E-state index contributed by atoms with van der Waals surface area (Å²) in [7, 11) is -3.39. The second kappa shape index (κ2) is 7.67. The summed E-state index contributed by atoms with van der Waals surface area (Å²) in [5.74, 6) is 0.745. The van der Waals surface area contributed by atoms with Crippen molar-refractivity contribution in [1.82, 2.24) is 10.6 Å². The van der Waals surface area contributed by atoms with Gasteiger partial charge in [0.1, 0.15) is 11.9 Å². The third-order valence-electron chi connectivity index (χ3n) is 6.06. The van der Waals surface area contributed by atoms with Crippen LogP contribution in [0.15, 0.2) is 17.0 Å². The van der Waals surface area contributed by atoms with Crippen LogP contribution >= 0.6 is 0 Å². The zero-order valence-corrected chi connectivity index (χ0v) is 17.5. The number of fused-ring (bicyclic) bond motifs is 1. The van der Waals surface area contributed by atoms with Crippen molar-refractivity contribution in [1.29, 1.82) is 0 Å². The number of amides is 1. The van der Waals surface area contributed by atoms with E-state index in [0.29, 0.717) is 17.7 Å². The van der Waals surface area contributed by atoms with Gasteiger partial charge in [0.05, 0.1) is 16.2 Å². The first-order valence-corrected chi connectivity index (χ1v) is 12.1. The number of carbonyl (C=O) groups is 1. The van der Waals surface area contributed by atoms with Crippen LogP contribution in [0.2, 0.25) is 0 Å². The molecule has 3 aliphatic rings. The van der Waals surface area contributed by atoms with E-state index in [0.717, 1.165) is 44.2 Å². The number of rotatable bonds is 7. The lowest BCUT2D eigenvalue weighted by molar-refractivity contribution is 0.0922. The molecule has 3 unspecified atom stereocenters. The van der Waals surface area contributed by atoms with Gasteiger partial charge in [-0.15, -0.1) is 0 Å². The van der Waals surface area contributed by atoms with E-state index in [4.69, 9.17) is 4.74 Å². The maximum Gasteiger partial charge on any atom is 0.255 e. The van der Waals surface area contributed by atoms with Gasteiger partial charge in [0.2, 0.25) is 0 Å². The molecule has 0 radical (unpaired) electrons. The summed E-state index contributed by atoms with van der Waals surface area (Å²) in [4.78, 5) is 13.4. The molecule has 28 heavy (non-hydrogen) atoms. The van der Waals surface area contributed by atoms with Gasteiger partial charge in [-0.25, -0.2) is 8.42 Å². The van der Waals surface area contributed by atoms with Crippen LogP contribution in [-0.4, -0.2) is 44.8 Å². The number of sulfone groups is 1. The molecule has 1 amide bonds. The maximum absolute atomic E-state index is 13.1. The molecular weight excluding hydrogens is 376 g/mol. The Labute approximate surface area is 167 Å². The molecule has 0 spiro atoms. The number of hydrogen-bond donors (Lipinski definition) is 2. The lowest BCUT2D eigenvalue weighted by atomic mass is 10.0. The zero-order valence-electron chi connectivity index (χ0n) is 16.7. The minimum absolute atomic E-state index is 0.0243. The number of benzene rings is 1. The molecule has 2 heterocycles. The van der Waals surface area contributed by atoms with Crippen molar-refractivity contribution in [2.75, 3.05) is 12.3 Å². The largest absolute Gasteiger partial charge is 0.489 e. The quantitative estimate of drug-likeness (QED) is 0.727. The Bertz CT molecular complexity index is 857. The van der Waals surface area contributed by atoms with Crippen LogP contribution in [0, 0.1) is 5.92 Å². The fourth-order valence-corrected chi connectivity index (χ4v) is 6.10. The first-order chi connectivity index (χ1) is 13.4. The molecule has 6 nitrogen and oxygen atoms in total. The summed E-state index contributed by atoms with van der Waals surface area (Å²) in [6.45, 7) is 4.98. The van der Waals surface area contributed by atoms with Crippen molar-refractivity contribution in [3.63, 3.8) is 0 Å². The Morgan fingerprint density at radius 1 is 1.32 bits per heavy atom. The molecule has 1 aromatic rings. The van der Waals surface area contributed by atoms with Crippen molar-refractivity contribution in [2.24, 2.45) is 5.92 Å². The Morgan fingerprint density at radius 2 is 2.11 bits per heavy atom. The van der Waals surface area contributed by atoms with E-state index in [2.05, 4.69) is 17.6 Å². The summed E-state index contributed by atoms with van der Waals surface area (Å²) in [5, 5.41) is 6.57. The number of nitrogens with one attached hydrogen (secondary N) is 2. The van der Waals surface area contributed by atoms with Crippen molar-refractivity contribution >= 4 is 15.7 Å². The average molecular weight is 407 g/mol. The molecule has 4 rings (SSSR count). The highest BCUT2D eigenvalue weighted by atomic mass is 32.2. The van der Waals surface area contributed by atoms with Gasteiger partial charge in [-0.1, -0.05) is 6.92 Å². The fraction of sp³-hybridized carbons (Fsp3) is 0.667. The molecule has 1 saturated carbocycles. The second-order valence-electron chi connectivity index (χ2n) is 8.51. The van der Waals surface area contributed by atoms with Crippen molar-refractivity contribution in [3.8, 4) is 5.75 Å². The van der Waals surface area contributed by atoms with E-state index in [1.165, 1.54) is 6.07 Å². The summed E-state index contributed by atoms with van der Waals surface area (Å²) in [6, 6.07) is 3.53. The first kappa shape index (κ1) is 19.7. The highest BCUT2D eigenvalue weighted by Crippen LogP contribution is 2.37. The summed E-state index contributed by atoms with van der Waals surface area (Å²) in [5.41, 5.74) is 1.18. The number of carbonyl (C=O) groups excluding carboxylic acids is 1. The standard InChI is InChI=1S/C21H30N2O4S/c1-3-18(19-5-4-8-22-19)23-21(24)17-11-16(28(25,26)12-14-6-7-14)10-15-9-13(2)27-20(15)17/h10-11,13-14,18-19,22H,3-9,12H2,1-2H3,(H,23,24). The maximum atomic E-state index is 13.1. The van der Waals surface area contributed by atoms with E-state index < -0.39 is 9.84 Å². The minimum atomic E-state index is -3.39. The summed E-state index contributed by atoms with van der Waals surface area (Å²) < 4.78 is 31.6. The molecule has 0 bridgehead atoms. The van der Waals surface area contributed by atoms with E-state index in [1.54, 1.807) is 6.07 Å². The minimum Gasteiger partial charge on any atom is -0.489 e. The molecular formula is C21H30N2O4S. The number of hydrogen-bond acceptors (Lipinski definition) is 5. The molecule has 154 valence electrons. The van der Waals surface area contributed by atoms with E-state index in [-0.39, 0.29) is 40.7 Å². The van der Waals surface area contributed by atoms with E-state index >= 15 is 0 Å². The van der Waals surface area contributed by atoms with Crippen LogP contribution in [0.1, 0.15) is 61.9 Å². The fourth-order valence-electron chi connectivity index (χ4n) is 4.33. The van der Waals surface area contributed by atoms with Crippen LogP contribution < -0.4 is 15.4 Å². The molecule has 1 aromatic carbocycles. The highest BCUT2D eigenvalue weighted by molar-refractivity contribution is 7.91. The molecule has 2 N–H and O–H groups in total. The van der Waals surface area contributed by atoms with Gasteiger partial charge in [-0.05, 0) is 69.2 Å². The molecule has 1 aliphatic carbocycles. The third-order valence-corrected chi connectivity index (χ3v) is 7.93. The average Bonchev–Trinajstić information content (AvgIpc) is 3.14. The Hall–Kier alpha value is -1.60. The second-order valence-corrected chi connectivity index (χ2v) is 10.5. The Balaban J connectivity index is 1.64. The van der Waals surface area contributed by atoms with Gasteiger partial charge in [-0.3, -0.25) is 4.79 Å². The van der Waals surface area contributed by atoms with Crippen LogP contribution in [0.5, 0.6) is 5.75 Å². The van der Waals surface area contributed by atoms with Crippen molar-refractivity contribution < 1.29 is 17.9 Å². The SMILES string of the molecule is CCC(NC(=O)c1cc(S(=O)(=O)CC2CC2)cc2c1OC(C)C2)C1CCCN1. The van der Waals surface area contributed by atoms with Gasteiger partial charge in [0, 0.05) is 18.5 Å². The predicted molar refractivity (Wildman–Crippen MR) is 108 cm³/mol. The van der Waals surface area contributed by atoms with Gasteiger partial charge in [-0.2, -0.15) is 0 Å². The molecule has 1 saturated heterocycles. The monoisotopic (exact) mass is 406 g/mol. The highest BCUT2D eigenvalue weighted by Gasteiger charge is 2.34. The predicted octanol–water partition coefficient (Wildman–Crippen LogP) is 2.45. The zero-order chi connectivity index (χ0) is 19.9. The molecule has 2 aliphatic heterocycles. The lowest BCUT2D eigenvalue weighted by Crippen LogP contribution is -2.47.